The summed E-state index contributed by atoms with van der Waals surface area (Å²) in [5.41, 5.74) is 0. The van der Waals surface area contributed by atoms with Gasteiger partial charge < -0.3 is 9.64 Å². The lowest BCUT2D eigenvalue weighted by Crippen LogP contribution is -2.55. The molecule has 0 N–H and O–H groups in total. The Kier molecular flexibility index (Phi) is 4.52. The average molecular weight is 275 g/mol. The molecule has 1 atom stereocenters. The summed E-state index contributed by atoms with van der Waals surface area (Å²) in [5.74, 6) is -7.53. The third kappa shape index (κ3) is 3.09. The third-order valence-electron chi connectivity index (χ3n) is 2.69. The molecule has 3 nitrogen and oxygen atoms in total. The number of amides is 1. The molecule has 0 saturated carbocycles. The summed E-state index contributed by atoms with van der Waals surface area (Å²) in [5, 5.41) is 0. The second-order valence-corrected chi connectivity index (χ2v) is 4.04. The highest BCUT2D eigenvalue weighted by Crippen LogP contribution is 2.37. The highest BCUT2D eigenvalue weighted by molar-refractivity contribution is 5.84. The monoisotopic (exact) mass is 275 g/mol. The Balaban J connectivity index is 2.72. The molecule has 1 heterocycles. The smallest absolute Gasteiger partial charge is 0.377 e. The van der Waals surface area contributed by atoms with Crippen LogP contribution in [0.5, 0.6) is 0 Å². The fourth-order valence-corrected chi connectivity index (χ4v) is 1.81. The second-order valence-electron chi connectivity index (χ2n) is 4.04. The van der Waals surface area contributed by atoms with Gasteiger partial charge in [0.15, 0.2) is 0 Å². The van der Waals surface area contributed by atoms with Crippen LogP contribution < -0.4 is 0 Å². The number of piperidine rings is 1. The Morgan fingerprint density at radius 1 is 1.33 bits per heavy atom. The van der Waals surface area contributed by atoms with Crippen molar-refractivity contribution < 1.29 is 31.5 Å². The first-order valence-corrected chi connectivity index (χ1v) is 5.55. The number of ether oxygens (including phenoxy) is 1. The van der Waals surface area contributed by atoms with Crippen molar-refractivity contribution >= 4 is 5.91 Å². The quantitative estimate of drug-likeness (QED) is 0.739. The molecule has 1 amide bonds. The van der Waals surface area contributed by atoms with Gasteiger partial charge in [-0.2, -0.15) is 22.0 Å². The van der Waals surface area contributed by atoms with Gasteiger partial charge in [0.05, 0.1) is 6.10 Å². The van der Waals surface area contributed by atoms with Crippen molar-refractivity contribution in [3.8, 4) is 0 Å². The van der Waals surface area contributed by atoms with Gasteiger partial charge in [0.25, 0.3) is 0 Å². The summed E-state index contributed by atoms with van der Waals surface area (Å²) in [6, 6.07) is 0. The maximum atomic E-state index is 12.9. The minimum atomic E-state index is -5.86. The van der Waals surface area contributed by atoms with E-state index in [9.17, 15) is 26.7 Å². The molecule has 1 rings (SSSR count). The molecule has 0 aliphatic carbocycles. The van der Waals surface area contributed by atoms with Gasteiger partial charge in [-0.3, -0.25) is 4.79 Å². The fourth-order valence-electron chi connectivity index (χ4n) is 1.81. The van der Waals surface area contributed by atoms with Crippen LogP contribution in [-0.2, 0) is 9.53 Å². The van der Waals surface area contributed by atoms with E-state index in [-0.39, 0.29) is 13.1 Å². The summed E-state index contributed by atoms with van der Waals surface area (Å²) in [6.45, 7) is 1.68. The number of hydrogen-bond donors (Lipinski definition) is 0. The minimum absolute atomic E-state index is 0.103. The Labute approximate surface area is 101 Å². The van der Waals surface area contributed by atoms with E-state index >= 15 is 0 Å². The predicted molar refractivity (Wildman–Crippen MR) is 52.2 cm³/mol. The first-order valence-electron chi connectivity index (χ1n) is 5.55. The van der Waals surface area contributed by atoms with Gasteiger partial charge in [-0.25, -0.2) is 0 Å². The Morgan fingerprint density at radius 2 is 1.94 bits per heavy atom. The fraction of sp³-hybridized carbons (Fsp3) is 0.900. The summed E-state index contributed by atoms with van der Waals surface area (Å²) < 4.78 is 67.0. The van der Waals surface area contributed by atoms with Crippen LogP contribution in [-0.4, -0.2) is 48.7 Å². The predicted octanol–water partition coefficient (Wildman–Crippen LogP) is 2.21. The van der Waals surface area contributed by atoms with Gasteiger partial charge in [0, 0.05) is 19.7 Å². The normalized spacial score (nSPS) is 22.1. The number of nitrogens with zero attached hydrogens (tertiary/aromatic N) is 1. The van der Waals surface area contributed by atoms with Gasteiger partial charge >= 0.3 is 18.0 Å². The van der Waals surface area contributed by atoms with E-state index in [1.54, 1.807) is 6.92 Å². The van der Waals surface area contributed by atoms with E-state index in [1.807, 2.05) is 0 Å². The number of carbonyl (C=O) groups excluding carboxylic acids is 1. The highest BCUT2D eigenvalue weighted by Gasteiger charge is 2.64. The van der Waals surface area contributed by atoms with Crippen molar-refractivity contribution in [1.29, 1.82) is 0 Å². The molecule has 8 heteroatoms. The molecule has 1 aliphatic heterocycles. The second kappa shape index (κ2) is 5.38. The lowest BCUT2D eigenvalue weighted by Gasteiger charge is -2.34. The molecule has 0 aromatic heterocycles. The summed E-state index contributed by atoms with van der Waals surface area (Å²) in [7, 11) is 0. The van der Waals surface area contributed by atoms with E-state index in [0.717, 1.165) is 0 Å². The first-order chi connectivity index (χ1) is 8.20. The summed E-state index contributed by atoms with van der Waals surface area (Å²) >= 11 is 0. The summed E-state index contributed by atoms with van der Waals surface area (Å²) in [4.78, 5) is 11.7. The van der Waals surface area contributed by atoms with Crippen LogP contribution in [0.15, 0.2) is 0 Å². The van der Waals surface area contributed by atoms with Crippen LogP contribution in [0.25, 0.3) is 0 Å². The Morgan fingerprint density at radius 3 is 2.44 bits per heavy atom. The van der Waals surface area contributed by atoms with Crippen LogP contribution in [0.2, 0.25) is 0 Å². The molecule has 0 bridgehead atoms. The molecular formula is C10H14F5NO2. The number of hydrogen-bond acceptors (Lipinski definition) is 2. The standard InChI is InChI=1S/C10H14F5NO2/c1-2-18-7-4-3-5-16(6-7)8(17)9(11,12)10(13,14)15/h7H,2-6H2,1H3. The topological polar surface area (TPSA) is 29.5 Å². The first kappa shape index (κ1) is 15.1. The van der Waals surface area contributed by atoms with Crippen molar-refractivity contribution in [3.05, 3.63) is 0 Å². The maximum absolute atomic E-state index is 12.9. The maximum Gasteiger partial charge on any atom is 0.463 e. The lowest BCUT2D eigenvalue weighted by atomic mass is 10.1. The van der Waals surface area contributed by atoms with Crippen molar-refractivity contribution in [2.24, 2.45) is 0 Å². The van der Waals surface area contributed by atoms with Crippen molar-refractivity contribution in [1.82, 2.24) is 4.90 Å². The minimum Gasteiger partial charge on any atom is -0.377 e. The van der Waals surface area contributed by atoms with Crippen LogP contribution >= 0.6 is 0 Å². The molecule has 0 radical (unpaired) electrons. The molecule has 1 saturated heterocycles. The van der Waals surface area contributed by atoms with E-state index in [2.05, 4.69) is 0 Å². The molecule has 106 valence electrons. The van der Waals surface area contributed by atoms with Crippen LogP contribution in [0.1, 0.15) is 19.8 Å². The van der Waals surface area contributed by atoms with Gasteiger partial charge in [-0.05, 0) is 19.8 Å². The lowest BCUT2D eigenvalue weighted by molar-refractivity contribution is -0.275. The number of carbonyl (C=O) groups is 1. The van der Waals surface area contributed by atoms with E-state index in [1.165, 1.54) is 0 Å². The number of likely N-dealkylation sites (tertiary alicyclic amines) is 1. The van der Waals surface area contributed by atoms with E-state index in [0.29, 0.717) is 24.3 Å². The molecule has 1 aliphatic rings. The molecule has 1 unspecified atom stereocenters. The van der Waals surface area contributed by atoms with E-state index in [4.69, 9.17) is 4.74 Å². The largest absolute Gasteiger partial charge is 0.463 e. The zero-order valence-corrected chi connectivity index (χ0v) is 9.77. The van der Waals surface area contributed by atoms with Crippen LogP contribution in [0, 0.1) is 0 Å². The highest BCUT2D eigenvalue weighted by atomic mass is 19.4. The van der Waals surface area contributed by atoms with Gasteiger partial charge in [-0.1, -0.05) is 0 Å². The zero-order chi connectivity index (χ0) is 14.0. The van der Waals surface area contributed by atoms with Crippen molar-refractivity contribution in [3.63, 3.8) is 0 Å². The van der Waals surface area contributed by atoms with Crippen molar-refractivity contribution in [2.45, 2.75) is 38.0 Å². The summed E-state index contributed by atoms with van der Waals surface area (Å²) in [6.07, 6.45) is -5.43. The van der Waals surface area contributed by atoms with Gasteiger partial charge in [-0.15, -0.1) is 0 Å². The number of halogens is 5. The van der Waals surface area contributed by atoms with Gasteiger partial charge in [0.2, 0.25) is 0 Å². The average Bonchev–Trinajstić information content (AvgIpc) is 2.27. The number of alkyl halides is 5. The molecule has 1 fully saturated rings. The van der Waals surface area contributed by atoms with E-state index < -0.39 is 24.1 Å². The van der Waals surface area contributed by atoms with Crippen LogP contribution in [0.3, 0.4) is 0 Å². The molecule has 0 aromatic carbocycles. The molecular weight excluding hydrogens is 261 g/mol. The third-order valence-corrected chi connectivity index (χ3v) is 2.69. The zero-order valence-electron chi connectivity index (χ0n) is 9.77. The molecule has 18 heavy (non-hydrogen) atoms. The number of rotatable bonds is 3. The molecule has 0 aromatic rings. The van der Waals surface area contributed by atoms with Crippen molar-refractivity contribution in [2.75, 3.05) is 19.7 Å². The SMILES string of the molecule is CCOC1CCCN(C(=O)C(F)(F)C(F)(F)F)C1. The Hall–Kier alpha value is -0.920. The molecule has 0 spiro atoms. The Bertz CT molecular complexity index is 303. The van der Waals surface area contributed by atoms with Crippen LogP contribution in [0.4, 0.5) is 22.0 Å². The van der Waals surface area contributed by atoms with Gasteiger partial charge in [0.1, 0.15) is 0 Å².